The molecule has 112 valence electrons. The minimum absolute atomic E-state index is 0.00842. The second-order valence-corrected chi connectivity index (χ2v) is 6.75. The summed E-state index contributed by atoms with van der Waals surface area (Å²) in [6, 6.07) is 5.73. The maximum atomic E-state index is 12.2. The maximum absolute atomic E-state index is 12.2. The van der Waals surface area contributed by atoms with Gasteiger partial charge in [0.05, 0.1) is 11.5 Å². The largest absolute Gasteiger partial charge is 0.379 e. The van der Waals surface area contributed by atoms with Crippen LogP contribution in [0, 0.1) is 5.41 Å². The van der Waals surface area contributed by atoms with Crippen LogP contribution in [0.3, 0.4) is 0 Å². The molecule has 3 rings (SSSR count). The van der Waals surface area contributed by atoms with E-state index in [0.29, 0.717) is 13.2 Å². The molecule has 6 heteroatoms. The lowest BCUT2D eigenvalue weighted by molar-refractivity contribution is 0.0946. The van der Waals surface area contributed by atoms with Crippen molar-refractivity contribution in [1.82, 2.24) is 15.1 Å². The molecule has 21 heavy (non-hydrogen) atoms. The van der Waals surface area contributed by atoms with E-state index in [1.807, 2.05) is 29.1 Å². The van der Waals surface area contributed by atoms with E-state index in [0.717, 1.165) is 29.1 Å². The molecule has 1 saturated carbocycles. The molecule has 1 aliphatic carbocycles. The van der Waals surface area contributed by atoms with E-state index in [1.165, 1.54) is 11.3 Å². The molecule has 0 unspecified atom stereocenters. The van der Waals surface area contributed by atoms with Crippen molar-refractivity contribution < 1.29 is 9.53 Å². The molecular weight excluding hydrogens is 286 g/mol. The normalized spacial score (nSPS) is 15.9. The lowest BCUT2D eigenvalue weighted by Crippen LogP contribution is -2.32. The molecule has 1 amide bonds. The lowest BCUT2D eigenvalue weighted by atomic mass is 10.1. The number of nitrogens with one attached hydrogen (secondary N) is 1. The van der Waals surface area contributed by atoms with Crippen molar-refractivity contribution in [2.24, 2.45) is 5.41 Å². The van der Waals surface area contributed by atoms with Gasteiger partial charge >= 0.3 is 0 Å². The highest BCUT2D eigenvalue weighted by molar-refractivity contribution is 7.14. The topological polar surface area (TPSA) is 56.1 Å². The third-order valence-corrected chi connectivity index (χ3v) is 4.87. The number of carbonyl (C=O) groups is 1. The van der Waals surface area contributed by atoms with Crippen LogP contribution in [0.2, 0.25) is 0 Å². The summed E-state index contributed by atoms with van der Waals surface area (Å²) >= 11 is 1.49. The third-order valence-electron chi connectivity index (χ3n) is 3.81. The van der Waals surface area contributed by atoms with E-state index in [1.54, 1.807) is 13.3 Å². The van der Waals surface area contributed by atoms with E-state index in [2.05, 4.69) is 10.4 Å². The quantitative estimate of drug-likeness (QED) is 0.854. The van der Waals surface area contributed by atoms with Gasteiger partial charge in [-0.1, -0.05) is 0 Å². The number of thiophene rings is 1. The summed E-state index contributed by atoms with van der Waals surface area (Å²) in [6.45, 7) is 2.14. The monoisotopic (exact) mass is 305 g/mol. The summed E-state index contributed by atoms with van der Waals surface area (Å²) in [7, 11) is 1.66. The SMILES string of the molecule is COCc1ccc(C(=O)NCC2(Cn3cccn3)CC2)s1. The van der Waals surface area contributed by atoms with Gasteiger partial charge in [-0.15, -0.1) is 11.3 Å². The second kappa shape index (κ2) is 5.99. The Balaban J connectivity index is 1.53. The number of methoxy groups -OCH3 is 1. The zero-order valence-corrected chi connectivity index (χ0v) is 12.9. The van der Waals surface area contributed by atoms with Gasteiger partial charge in [-0.2, -0.15) is 5.10 Å². The van der Waals surface area contributed by atoms with Crippen molar-refractivity contribution in [3.63, 3.8) is 0 Å². The smallest absolute Gasteiger partial charge is 0.261 e. The van der Waals surface area contributed by atoms with Gasteiger partial charge in [0.15, 0.2) is 0 Å². The van der Waals surface area contributed by atoms with Gasteiger partial charge < -0.3 is 10.1 Å². The molecule has 2 aromatic heterocycles. The molecule has 0 bridgehead atoms. The van der Waals surface area contributed by atoms with Gasteiger partial charge in [-0.25, -0.2) is 0 Å². The van der Waals surface area contributed by atoms with Crippen LogP contribution in [0.1, 0.15) is 27.4 Å². The van der Waals surface area contributed by atoms with Crippen LogP contribution in [-0.2, 0) is 17.9 Å². The summed E-state index contributed by atoms with van der Waals surface area (Å²) in [6.07, 6.45) is 6.05. The predicted octanol–water partition coefficient (Wildman–Crippen LogP) is 2.30. The molecule has 0 saturated heterocycles. The lowest BCUT2D eigenvalue weighted by Gasteiger charge is -2.15. The van der Waals surface area contributed by atoms with Gasteiger partial charge in [0.25, 0.3) is 5.91 Å². The van der Waals surface area contributed by atoms with Crippen molar-refractivity contribution in [2.75, 3.05) is 13.7 Å². The Kier molecular flexibility index (Phi) is 4.07. The second-order valence-electron chi connectivity index (χ2n) is 5.59. The number of carbonyl (C=O) groups excluding carboxylic acids is 1. The molecule has 2 aromatic rings. The van der Waals surface area contributed by atoms with Crippen LogP contribution >= 0.6 is 11.3 Å². The summed E-state index contributed by atoms with van der Waals surface area (Å²) in [5.74, 6) is 0.00842. The molecule has 0 aliphatic heterocycles. The Morgan fingerprint density at radius 3 is 3.05 bits per heavy atom. The third kappa shape index (κ3) is 3.51. The van der Waals surface area contributed by atoms with Gasteiger partial charge in [-0.05, 0) is 31.0 Å². The molecule has 0 atom stereocenters. The maximum Gasteiger partial charge on any atom is 0.261 e. The fraction of sp³-hybridized carbons (Fsp3) is 0.467. The van der Waals surface area contributed by atoms with Crippen molar-refractivity contribution >= 4 is 17.2 Å². The number of rotatable bonds is 7. The number of amides is 1. The van der Waals surface area contributed by atoms with Gasteiger partial charge in [0, 0.05) is 42.9 Å². The molecule has 0 aromatic carbocycles. The molecule has 0 radical (unpaired) electrons. The van der Waals surface area contributed by atoms with Crippen LogP contribution < -0.4 is 5.32 Å². The van der Waals surface area contributed by atoms with Gasteiger partial charge in [-0.3, -0.25) is 9.48 Å². The first-order valence-corrected chi connectivity index (χ1v) is 7.86. The van der Waals surface area contributed by atoms with Crippen LogP contribution in [0.4, 0.5) is 0 Å². The summed E-state index contributed by atoms with van der Waals surface area (Å²) in [5.41, 5.74) is 0.189. The van der Waals surface area contributed by atoms with Crippen molar-refractivity contribution in [3.05, 3.63) is 40.3 Å². The van der Waals surface area contributed by atoms with Crippen LogP contribution in [0.5, 0.6) is 0 Å². The predicted molar refractivity (Wildman–Crippen MR) is 81.3 cm³/mol. The van der Waals surface area contributed by atoms with Crippen molar-refractivity contribution in [2.45, 2.75) is 26.0 Å². The first kappa shape index (κ1) is 14.3. The van der Waals surface area contributed by atoms with E-state index in [9.17, 15) is 4.79 Å². The Labute approximate surface area is 127 Å². The zero-order valence-electron chi connectivity index (χ0n) is 12.0. The zero-order chi connectivity index (χ0) is 14.7. The summed E-state index contributed by atoms with van der Waals surface area (Å²) in [4.78, 5) is 14.0. The van der Waals surface area contributed by atoms with Crippen molar-refractivity contribution in [1.29, 1.82) is 0 Å². The molecule has 5 nitrogen and oxygen atoms in total. The fourth-order valence-electron chi connectivity index (χ4n) is 2.38. The molecule has 2 heterocycles. The van der Waals surface area contributed by atoms with Gasteiger partial charge in [0.2, 0.25) is 0 Å². The first-order chi connectivity index (χ1) is 10.2. The molecular formula is C15H19N3O2S. The molecule has 1 N–H and O–H groups in total. The number of nitrogens with zero attached hydrogens (tertiary/aromatic N) is 2. The fourth-order valence-corrected chi connectivity index (χ4v) is 3.28. The number of hydrogen-bond acceptors (Lipinski definition) is 4. The molecule has 0 spiro atoms. The summed E-state index contributed by atoms with van der Waals surface area (Å²) < 4.78 is 7.02. The number of hydrogen-bond donors (Lipinski definition) is 1. The Bertz CT molecular complexity index is 602. The standard InChI is InChI=1S/C15H19N3O2S/c1-20-9-12-3-4-13(21-12)14(19)16-10-15(5-6-15)11-18-8-2-7-17-18/h2-4,7-8H,5-6,9-11H2,1H3,(H,16,19). The Morgan fingerprint density at radius 2 is 2.38 bits per heavy atom. The van der Waals surface area contributed by atoms with Crippen LogP contribution in [0.15, 0.2) is 30.6 Å². The average Bonchev–Trinajstić information content (AvgIpc) is 2.90. The molecule has 1 aliphatic rings. The van der Waals surface area contributed by atoms with Crippen LogP contribution in [0.25, 0.3) is 0 Å². The highest BCUT2D eigenvalue weighted by Gasteiger charge is 2.43. The Hall–Kier alpha value is -1.66. The minimum Gasteiger partial charge on any atom is -0.379 e. The highest BCUT2D eigenvalue weighted by Crippen LogP contribution is 2.46. The van der Waals surface area contributed by atoms with Gasteiger partial charge in [0.1, 0.15) is 0 Å². The van der Waals surface area contributed by atoms with E-state index < -0.39 is 0 Å². The average molecular weight is 305 g/mol. The number of aromatic nitrogens is 2. The van der Waals surface area contributed by atoms with E-state index >= 15 is 0 Å². The first-order valence-electron chi connectivity index (χ1n) is 7.04. The van der Waals surface area contributed by atoms with E-state index in [-0.39, 0.29) is 11.3 Å². The summed E-state index contributed by atoms with van der Waals surface area (Å²) in [5, 5.41) is 7.30. The highest BCUT2D eigenvalue weighted by atomic mass is 32.1. The van der Waals surface area contributed by atoms with Crippen LogP contribution in [-0.4, -0.2) is 29.3 Å². The van der Waals surface area contributed by atoms with E-state index in [4.69, 9.17) is 4.74 Å². The number of ether oxygens (including phenoxy) is 1. The Morgan fingerprint density at radius 1 is 1.52 bits per heavy atom. The molecule has 1 fully saturated rings. The van der Waals surface area contributed by atoms with Crippen molar-refractivity contribution in [3.8, 4) is 0 Å². The minimum atomic E-state index is 0.00842.